The Bertz CT molecular complexity index is 707. The maximum absolute atomic E-state index is 12.1. The minimum Gasteiger partial charge on any atom is -0.294 e. The molecule has 0 aliphatic heterocycles. The van der Waals surface area contributed by atoms with Crippen molar-refractivity contribution in [2.75, 3.05) is 4.72 Å². The van der Waals surface area contributed by atoms with E-state index in [1.165, 1.54) is 12.1 Å². The van der Waals surface area contributed by atoms with Gasteiger partial charge >= 0.3 is 0 Å². The van der Waals surface area contributed by atoms with Crippen LogP contribution in [0, 0.1) is 0 Å². The number of Topliss-reactive ketones (excluding diaryl/α,β-unsaturated/α-hetero) is 1. The smallest absolute Gasteiger partial charge is 0.261 e. The van der Waals surface area contributed by atoms with E-state index < -0.39 is 10.0 Å². The SMILES string of the molecule is CCCC(=O)c1ccc(NS(=O)(=O)c2ccccc2)cc1. The van der Waals surface area contributed by atoms with Crippen LogP contribution in [0.4, 0.5) is 5.69 Å². The van der Waals surface area contributed by atoms with Gasteiger partial charge in [0.15, 0.2) is 5.78 Å². The molecular weight excluding hydrogens is 286 g/mol. The van der Waals surface area contributed by atoms with Gasteiger partial charge in [-0.3, -0.25) is 9.52 Å². The lowest BCUT2D eigenvalue weighted by atomic mass is 10.1. The molecule has 0 heterocycles. The fourth-order valence-electron chi connectivity index (χ4n) is 1.91. The zero-order chi connectivity index (χ0) is 15.3. The second kappa shape index (κ2) is 6.54. The fourth-order valence-corrected chi connectivity index (χ4v) is 2.99. The highest BCUT2D eigenvalue weighted by Crippen LogP contribution is 2.17. The normalized spacial score (nSPS) is 11.1. The molecule has 0 saturated heterocycles. The minimum absolute atomic E-state index is 0.0648. The highest BCUT2D eigenvalue weighted by Gasteiger charge is 2.13. The van der Waals surface area contributed by atoms with E-state index in [4.69, 9.17) is 0 Å². The number of benzene rings is 2. The first-order valence-electron chi connectivity index (χ1n) is 6.74. The summed E-state index contributed by atoms with van der Waals surface area (Å²) in [6.45, 7) is 1.94. The van der Waals surface area contributed by atoms with Gasteiger partial charge in [-0.2, -0.15) is 0 Å². The summed E-state index contributed by atoms with van der Waals surface area (Å²) in [7, 11) is -3.59. The van der Waals surface area contributed by atoms with Crippen LogP contribution in [0.15, 0.2) is 59.5 Å². The topological polar surface area (TPSA) is 63.2 Å². The largest absolute Gasteiger partial charge is 0.294 e. The Morgan fingerprint density at radius 1 is 1.00 bits per heavy atom. The van der Waals surface area contributed by atoms with Gasteiger partial charge in [0.25, 0.3) is 10.0 Å². The number of anilines is 1. The maximum atomic E-state index is 12.1. The second-order valence-electron chi connectivity index (χ2n) is 4.67. The van der Waals surface area contributed by atoms with Crippen molar-refractivity contribution in [3.63, 3.8) is 0 Å². The first-order valence-corrected chi connectivity index (χ1v) is 8.22. The van der Waals surface area contributed by atoms with Gasteiger partial charge in [-0.05, 0) is 42.8 Å². The number of carbonyl (C=O) groups excluding carboxylic acids is 1. The summed E-state index contributed by atoms with van der Waals surface area (Å²) in [6.07, 6.45) is 1.29. The number of rotatable bonds is 6. The van der Waals surface area contributed by atoms with Crippen molar-refractivity contribution < 1.29 is 13.2 Å². The lowest BCUT2D eigenvalue weighted by Crippen LogP contribution is -2.12. The molecule has 4 nitrogen and oxygen atoms in total. The van der Waals surface area contributed by atoms with E-state index in [1.54, 1.807) is 42.5 Å². The molecule has 0 radical (unpaired) electrons. The average Bonchev–Trinajstić information content (AvgIpc) is 2.49. The van der Waals surface area contributed by atoms with Crippen LogP contribution < -0.4 is 4.72 Å². The van der Waals surface area contributed by atoms with Gasteiger partial charge in [0.05, 0.1) is 4.90 Å². The van der Waals surface area contributed by atoms with Gasteiger partial charge in [0, 0.05) is 17.7 Å². The maximum Gasteiger partial charge on any atom is 0.261 e. The molecule has 0 aromatic heterocycles. The lowest BCUT2D eigenvalue weighted by Gasteiger charge is -2.08. The molecule has 0 aliphatic carbocycles. The van der Waals surface area contributed by atoms with Crippen LogP contribution in [0.5, 0.6) is 0 Å². The molecule has 2 aromatic carbocycles. The average molecular weight is 303 g/mol. The van der Waals surface area contributed by atoms with E-state index in [1.807, 2.05) is 6.92 Å². The van der Waals surface area contributed by atoms with Crippen molar-refractivity contribution in [1.82, 2.24) is 0 Å². The van der Waals surface area contributed by atoms with E-state index in [0.717, 1.165) is 6.42 Å². The third kappa shape index (κ3) is 3.92. The fraction of sp³-hybridized carbons (Fsp3) is 0.188. The molecule has 2 rings (SSSR count). The summed E-state index contributed by atoms with van der Waals surface area (Å²) in [6, 6.07) is 14.6. The first-order chi connectivity index (χ1) is 10.0. The Labute approximate surface area is 124 Å². The Hall–Kier alpha value is -2.14. The summed E-state index contributed by atoms with van der Waals surface area (Å²) in [5.41, 5.74) is 1.03. The highest BCUT2D eigenvalue weighted by molar-refractivity contribution is 7.92. The molecule has 21 heavy (non-hydrogen) atoms. The molecule has 0 fully saturated rings. The molecule has 0 amide bonds. The van der Waals surface area contributed by atoms with E-state index in [9.17, 15) is 13.2 Å². The lowest BCUT2D eigenvalue weighted by molar-refractivity contribution is 0.0982. The van der Waals surface area contributed by atoms with E-state index in [0.29, 0.717) is 17.7 Å². The summed E-state index contributed by atoms with van der Waals surface area (Å²) in [4.78, 5) is 11.9. The van der Waals surface area contributed by atoms with Crippen LogP contribution in [0.25, 0.3) is 0 Å². The summed E-state index contributed by atoms with van der Waals surface area (Å²) >= 11 is 0. The molecule has 0 atom stereocenters. The van der Waals surface area contributed by atoms with Crippen molar-refractivity contribution in [1.29, 1.82) is 0 Å². The second-order valence-corrected chi connectivity index (χ2v) is 6.35. The molecule has 0 saturated carbocycles. The Kier molecular flexibility index (Phi) is 4.75. The van der Waals surface area contributed by atoms with Crippen molar-refractivity contribution in [2.24, 2.45) is 0 Å². The predicted molar refractivity (Wildman–Crippen MR) is 82.9 cm³/mol. The monoisotopic (exact) mass is 303 g/mol. The van der Waals surface area contributed by atoms with Crippen molar-refractivity contribution >= 4 is 21.5 Å². The quantitative estimate of drug-likeness (QED) is 0.831. The predicted octanol–water partition coefficient (Wildman–Crippen LogP) is 3.47. The van der Waals surface area contributed by atoms with Gasteiger partial charge < -0.3 is 0 Å². The number of nitrogens with one attached hydrogen (secondary N) is 1. The molecule has 0 unspecified atom stereocenters. The molecule has 0 aliphatic rings. The van der Waals surface area contributed by atoms with Crippen LogP contribution in [0.1, 0.15) is 30.1 Å². The Morgan fingerprint density at radius 2 is 1.62 bits per heavy atom. The minimum atomic E-state index is -3.59. The highest BCUT2D eigenvalue weighted by atomic mass is 32.2. The molecule has 110 valence electrons. The summed E-state index contributed by atoms with van der Waals surface area (Å²) in [5.74, 6) is 0.0648. The molecule has 2 aromatic rings. The standard InChI is InChI=1S/C16H17NO3S/c1-2-6-16(18)13-9-11-14(12-10-13)17-21(19,20)15-7-4-3-5-8-15/h3-5,7-12,17H,2,6H2,1H3. The summed E-state index contributed by atoms with van der Waals surface area (Å²) in [5, 5.41) is 0. The van der Waals surface area contributed by atoms with Gasteiger partial charge in [-0.1, -0.05) is 25.1 Å². The van der Waals surface area contributed by atoms with Crippen molar-refractivity contribution in [3.05, 3.63) is 60.2 Å². The molecule has 0 bridgehead atoms. The molecular formula is C16H17NO3S. The zero-order valence-electron chi connectivity index (χ0n) is 11.7. The van der Waals surface area contributed by atoms with Crippen molar-refractivity contribution in [3.8, 4) is 0 Å². The zero-order valence-corrected chi connectivity index (χ0v) is 12.6. The Balaban J connectivity index is 2.15. The van der Waals surface area contributed by atoms with Gasteiger partial charge in [-0.15, -0.1) is 0 Å². The van der Waals surface area contributed by atoms with Gasteiger partial charge in [-0.25, -0.2) is 8.42 Å². The van der Waals surface area contributed by atoms with Gasteiger partial charge in [0.2, 0.25) is 0 Å². The third-order valence-corrected chi connectivity index (χ3v) is 4.39. The van der Waals surface area contributed by atoms with E-state index in [-0.39, 0.29) is 10.7 Å². The number of sulfonamides is 1. The first kappa shape index (κ1) is 15.3. The van der Waals surface area contributed by atoms with Crippen LogP contribution in [0.3, 0.4) is 0 Å². The van der Waals surface area contributed by atoms with Crippen LogP contribution in [0.2, 0.25) is 0 Å². The molecule has 5 heteroatoms. The van der Waals surface area contributed by atoms with Crippen molar-refractivity contribution in [2.45, 2.75) is 24.7 Å². The summed E-state index contributed by atoms with van der Waals surface area (Å²) < 4.78 is 26.8. The van der Waals surface area contributed by atoms with Crippen LogP contribution >= 0.6 is 0 Å². The van der Waals surface area contributed by atoms with E-state index in [2.05, 4.69) is 4.72 Å². The third-order valence-electron chi connectivity index (χ3n) is 2.99. The number of hydrogen-bond acceptors (Lipinski definition) is 3. The van der Waals surface area contributed by atoms with Crippen LogP contribution in [-0.4, -0.2) is 14.2 Å². The van der Waals surface area contributed by atoms with Gasteiger partial charge in [0.1, 0.15) is 0 Å². The number of hydrogen-bond donors (Lipinski definition) is 1. The Morgan fingerprint density at radius 3 is 2.19 bits per heavy atom. The van der Waals surface area contributed by atoms with E-state index >= 15 is 0 Å². The molecule has 0 spiro atoms. The number of carbonyl (C=O) groups is 1. The molecule has 1 N–H and O–H groups in total. The number of ketones is 1. The van der Waals surface area contributed by atoms with Crippen LogP contribution in [-0.2, 0) is 10.0 Å².